The zero-order valence-corrected chi connectivity index (χ0v) is 13.5. The van der Waals surface area contributed by atoms with E-state index in [9.17, 15) is 0 Å². The van der Waals surface area contributed by atoms with E-state index < -0.39 is 0 Å². The molecular formula is C21H18N2O. The molecule has 0 aliphatic rings. The Morgan fingerprint density at radius 1 is 0.833 bits per heavy atom. The monoisotopic (exact) mass is 314 g/mol. The van der Waals surface area contributed by atoms with Gasteiger partial charge in [-0.1, -0.05) is 78.0 Å². The molecule has 2 aromatic carbocycles. The molecule has 0 amide bonds. The molecule has 3 aromatic rings. The first-order chi connectivity index (χ1) is 11.8. The molecule has 0 bridgehead atoms. The molecule has 118 valence electrons. The van der Waals surface area contributed by atoms with E-state index >= 15 is 0 Å². The van der Waals surface area contributed by atoms with Crippen LogP contribution in [0.4, 0.5) is 5.69 Å². The van der Waals surface area contributed by atoms with Crippen LogP contribution in [-0.4, -0.2) is 11.4 Å². The Hall–Kier alpha value is -3.20. The van der Waals surface area contributed by atoms with Gasteiger partial charge in [0.1, 0.15) is 11.4 Å². The van der Waals surface area contributed by atoms with Crippen molar-refractivity contribution in [2.45, 2.75) is 6.92 Å². The van der Waals surface area contributed by atoms with Crippen LogP contribution in [0, 0.1) is 6.92 Å². The van der Waals surface area contributed by atoms with E-state index in [1.54, 1.807) is 6.21 Å². The van der Waals surface area contributed by atoms with Crippen LogP contribution < -0.4 is 0 Å². The zero-order valence-electron chi connectivity index (χ0n) is 13.5. The third-order valence-corrected chi connectivity index (χ3v) is 3.46. The first-order valence-electron chi connectivity index (χ1n) is 7.78. The van der Waals surface area contributed by atoms with Gasteiger partial charge in [0.05, 0.1) is 0 Å². The normalized spacial score (nSPS) is 11.9. The highest BCUT2D eigenvalue weighted by Crippen LogP contribution is 2.25. The molecule has 0 aliphatic heterocycles. The second-order valence-electron chi connectivity index (χ2n) is 5.27. The van der Waals surface area contributed by atoms with E-state index in [1.807, 2.05) is 91.9 Å². The number of aryl methyl sites for hydroxylation is 1. The van der Waals surface area contributed by atoms with Crippen LogP contribution in [0.1, 0.15) is 22.6 Å². The Kier molecular flexibility index (Phi) is 5.15. The van der Waals surface area contributed by atoms with Gasteiger partial charge in [0, 0.05) is 6.21 Å². The van der Waals surface area contributed by atoms with Gasteiger partial charge in [0.2, 0.25) is 0 Å². The molecule has 24 heavy (non-hydrogen) atoms. The van der Waals surface area contributed by atoms with Gasteiger partial charge in [-0.25, -0.2) is 0 Å². The fourth-order valence-corrected chi connectivity index (χ4v) is 2.22. The van der Waals surface area contributed by atoms with Crippen molar-refractivity contribution >= 4 is 30.1 Å². The number of aliphatic imine (C=N–C) groups is 1. The molecule has 0 radical (unpaired) electrons. The fraction of sp³-hybridized carbons (Fsp3) is 0.0476. The van der Waals surface area contributed by atoms with Crippen molar-refractivity contribution in [3.63, 3.8) is 0 Å². The van der Waals surface area contributed by atoms with Crippen molar-refractivity contribution in [1.29, 1.82) is 0 Å². The van der Waals surface area contributed by atoms with Crippen molar-refractivity contribution in [1.82, 2.24) is 5.16 Å². The SMILES string of the molecule is Cc1noc(/C=C/c2ccccc2)c1N=C/C=C/c1ccccc1. The Bertz CT molecular complexity index is 859. The molecule has 3 nitrogen and oxygen atoms in total. The van der Waals surface area contributed by atoms with Gasteiger partial charge < -0.3 is 4.52 Å². The maximum atomic E-state index is 5.36. The minimum atomic E-state index is 0.653. The molecule has 1 heterocycles. The first-order valence-corrected chi connectivity index (χ1v) is 7.78. The summed E-state index contributed by atoms with van der Waals surface area (Å²) in [6.45, 7) is 1.89. The smallest absolute Gasteiger partial charge is 0.185 e. The van der Waals surface area contributed by atoms with Gasteiger partial charge in [-0.05, 0) is 30.2 Å². The van der Waals surface area contributed by atoms with Crippen molar-refractivity contribution in [2.75, 3.05) is 0 Å². The maximum absolute atomic E-state index is 5.36. The molecule has 3 heteroatoms. The predicted octanol–water partition coefficient (Wildman–Crippen LogP) is 5.57. The number of rotatable bonds is 5. The van der Waals surface area contributed by atoms with Crippen molar-refractivity contribution in [2.24, 2.45) is 4.99 Å². The number of hydrogen-bond donors (Lipinski definition) is 0. The molecule has 0 saturated carbocycles. The van der Waals surface area contributed by atoms with Crippen molar-refractivity contribution < 1.29 is 4.52 Å². The maximum Gasteiger partial charge on any atom is 0.185 e. The Morgan fingerprint density at radius 3 is 2.12 bits per heavy atom. The van der Waals surface area contributed by atoms with Crippen LogP contribution in [0.2, 0.25) is 0 Å². The van der Waals surface area contributed by atoms with Crippen LogP contribution >= 0.6 is 0 Å². The van der Waals surface area contributed by atoms with Crippen molar-refractivity contribution in [3.8, 4) is 0 Å². The zero-order chi connectivity index (χ0) is 16.6. The number of hydrogen-bond acceptors (Lipinski definition) is 3. The topological polar surface area (TPSA) is 38.4 Å². The van der Waals surface area contributed by atoms with Gasteiger partial charge >= 0.3 is 0 Å². The lowest BCUT2D eigenvalue weighted by molar-refractivity contribution is 0.408. The van der Waals surface area contributed by atoms with Gasteiger partial charge in [0.25, 0.3) is 0 Å². The van der Waals surface area contributed by atoms with Crippen LogP contribution in [0.5, 0.6) is 0 Å². The largest absolute Gasteiger partial charge is 0.354 e. The Morgan fingerprint density at radius 2 is 1.46 bits per heavy atom. The molecule has 0 N–H and O–H groups in total. The summed E-state index contributed by atoms with van der Waals surface area (Å²) in [5.41, 5.74) is 3.76. The van der Waals surface area contributed by atoms with Crippen molar-refractivity contribution in [3.05, 3.63) is 89.3 Å². The average Bonchev–Trinajstić information content (AvgIpc) is 2.99. The Balaban J connectivity index is 1.74. The standard InChI is InChI=1S/C21H18N2O/c1-17-21(22-16-8-13-18-9-4-2-5-10-18)20(24-23-17)15-14-19-11-6-3-7-12-19/h2-16H,1H3/b13-8+,15-14+,22-16?. The van der Waals surface area contributed by atoms with Gasteiger partial charge in [0.15, 0.2) is 5.76 Å². The van der Waals surface area contributed by atoms with E-state index in [-0.39, 0.29) is 0 Å². The number of allylic oxidation sites excluding steroid dienone is 1. The first kappa shape index (κ1) is 15.7. The molecule has 0 fully saturated rings. The van der Waals surface area contributed by atoms with Crippen LogP contribution in [0.15, 0.2) is 76.3 Å². The van der Waals surface area contributed by atoms with E-state index in [0.717, 1.165) is 22.5 Å². The Labute approximate surface area is 141 Å². The summed E-state index contributed by atoms with van der Waals surface area (Å²) >= 11 is 0. The highest BCUT2D eigenvalue weighted by atomic mass is 16.5. The summed E-state index contributed by atoms with van der Waals surface area (Å²) < 4.78 is 5.36. The van der Waals surface area contributed by atoms with Gasteiger partial charge in [-0.3, -0.25) is 4.99 Å². The molecule has 0 aliphatic carbocycles. The minimum absolute atomic E-state index is 0.653. The summed E-state index contributed by atoms with van der Waals surface area (Å²) in [4.78, 5) is 4.47. The molecule has 1 aromatic heterocycles. The lowest BCUT2D eigenvalue weighted by Gasteiger charge is -1.92. The molecule has 0 unspecified atom stereocenters. The lowest BCUT2D eigenvalue weighted by atomic mass is 10.2. The van der Waals surface area contributed by atoms with Crippen LogP contribution in [0.3, 0.4) is 0 Å². The number of aromatic nitrogens is 1. The number of nitrogens with zero attached hydrogens (tertiary/aromatic N) is 2. The van der Waals surface area contributed by atoms with Gasteiger partial charge in [-0.15, -0.1) is 0 Å². The molecule has 0 spiro atoms. The second-order valence-corrected chi connectivity index (χ2v) is 5.27. The van der Waals surface area contributed by atoms with E-state index in [0.29, 0.717) is 5.76 Å². The van der Waals surface area contributed by atoms with E-state index in [4.69, 9.17) is 4.52 Å². The molecule has 3 rings (SSSR count). The van der Waals surface area contributed by atoms with Crippen LogP contribution in [-0.2, 0) is 0 Å². The molecule has 0 atom stereocenters. The second kappa shape index (κ2) is 7.88. The lowest BCUT2D eigenvalue weighted by Crippen LogP contribution is -1.74. The summed E-state index contributed by atoms with van der Waals surface area (Å²) in [7, 11) is 0. The van der Waals surface area contributed by atoms with E-state index in [2.05, 4.69) is 10.1 Å². The third-order valence-electron chi connectivity index (χ3n) is 3.46. The summed E-state index contributed by atoms with van der Waals surface area (Å²) in [5.74, 6) is 0.653. The highest BCUT2D eigenvalue weighted by Gasteiger charge is 2.08. The third kappa shape index (κ3) is 4.17. The summed E-state index contributed by atoms with van der Waals surface area (Å²) in [5, 5.41) is 4.00. The quantitative estimate of drug-likeness (QED) is 0.577. The summed E-state index contributed by atoms with van der Waals surface area (Å²) in [6, 6.07) is 20.2. The predicted molar refractivity (Wildman–Crippen MR) is 100 cm³/mol. The minimum Gasteiger partial charge on any atom is -0.354 e. The van der Waals surface area contributed by atoms with E-state index in [1.165, 1.54) is 0 Å². The van der Waals surface area contributed by atoms with Gasteiger partial charge in [-0.2, -0.15) is 0 Å². The molecule has 0 saturated heterocycles. The highest BCUT2D eigenvalue weighted by molar-refractivity contribution is 5.82. The molecular weight excluding hydrogens is 296 g/mol. The van der Waals surface area contributed by atoms with Crippen LogP contribution in [0.25, 0.3) is 18.2 Å². The fourth-order valence-electron chi connectivity index (χ4n) is 2.22. The summed E-state index contributed by atoms with van der Waals surface area (Å²) in [6.07, 6.45) is 9.55. The average molecular weight is 314 g/mol. The number of benzene rings is 2.